The van der Waals surface area contributed by atoms with Crippen LogP contribution in [-0.4, -0.2) is 62.4 Å². The van der Waals surface area contributed by atoms with Gasteiger partial charge in [-0.2, -0.15) is 0 Å². The highest BCUT2D eigenvalue weighted by atomic mass is 32.1. The second kappa shape index (κ2) is 9.54. The Morgan fingerprint density at radius 2 is 1.86 bits per heavy atom. The summed E-state index contributed by atoms with van der Waals surface area (Å²) in [5, 5.41) is 3.52. The normalized spacial score (nSPS) is 10.6. The molecule has 1 amide bonds. The van der Waals surface area contributed by atoms with Gasteiger partial charge in [-0.25, -0.2) is 4.98 Å². The van der Waals surface area contributed by atoms with E-state index in [0.29, 0.717) is 49.5 Å². The van der Waals surface area contributed by atoms with Gasteiger partial charge in [-0.15, -0.1) is 0 Å². The van der Waals surface area contributed by atoms with E-state index in [1.165, 1.54) is 11.3 Å². The van der Waals surface area contributed by atoms with E-state index in [1.807, 2.05) is 13.8 Å². The van der Waals surface area contributed by atoms with Crippen LogP contribution in [0.25, 0.3) is 0 Å². The molecule has 1 aromatic rings. The first-order valence-electron chi connectivity index (χ1n) is 7.02. The Hall–Kier alpha value is -1.38. The lowest BCUT2D eigenvalue weighted by molar-refractivity contribution is 0.0554. The molecule has 0 aromatic carbocycles. The Morgan fingerprint density at radius 1 is 1.29 bits per heavy atom. The molecule has 0 atom stereocenters. The largest absolute Gasteiger partial charge is 0.382 e. The third-order valence-corrected chi connectivity index (χ3v) is 3.84. The predicted molar refractivity (Wildman–Crippen MR) is 85.0 cm³/mol. The molecule has 0 aliphatic carbocycles. The number of rotatable bonds is 10. The van der Waals surface area contributed by atoms with Crippen LogP contribution >= 0.6 is 11.3 Å². The van der Waals surface area contributed by atoms with E-state index in [1.54, 1.807) is 11.9 Å². The number of hydrogen-bond acceptors (Lipinski definition) is 7. The minimum Gasteiger partial charge on any atom is -0.382 e. The summed E-state index contributed by atoms with van der Waals surface area (Å²) in [7, 11) is 1.74. The number of anilines is 2. The number of nitrogens with zero attached hydrogens (tertiary/aromatic N) is 2. The highest BCUT2D eigenvalue weighted by Gasteiger charge is 2.21. The molecule has 0 fully saturated rings. The van der Waals surface area contributed by atoms with Crippen LogP contribution in [0.4, 0.5) is 10.9 Å². The molecular weight excluding hydrogens is 292 g/mol. The van der Waals surface area contributed by atoms with E-state index in [-0.39, 0.29) is 11.7 Å². The van der Waals surface area contributed by atoms with Crippen LogP contribution < -0.4 is 11.1 Å². The van der Waals surface area contributed by atoms with Crippen molar-refractivity contribution in [2.75, 3.05) is 57.6 Å². The van der Waals surface area contributed by atoms with Crippen LogP contribution in [0, 0.1) is 0 Å². The molecule has 120 valence electrons. The van der Waals surface area contributed by atoms with Crippen LogP contribution in [0.5, 0.6) is 0 Å². The third kappa shape index (κ3) is 5.49. The van der Waals surface area contributed by atoms with E-state index in [9.17, 15) is 4.79 Å². The van der Waals surface area contributed by atoms with Gasteiger partial charge in [0.25, 0.3) is 5.91 Å². The predicted octanol–water partition coefficient (Wildman–Crippen LogP) is 1.28. The Kier molecular flexibility index (Phi) is 8.03. The molecule has 0 saturated heterocycles. The fraction of sp³-hybridized carbons (Fsp3) is 0.692. The van der Waals surface area contributed by atoms with E-state index in [2.05, 4.69) is 10.3 Å². The van der Waals surface area contributed by atoms with Gasteiger partial charge in [-0.1, -0.05) is 11.3 Å². The zero-order valence-corrected chi connectivity index (χ0v) is 13.7. The topological polar surface area (TPSA) is 89.7 Å². The number of carbonyl (C=O) groups is 1. The molecule has 0 saturated carbocycles. The zero-order chi connectivity index (χ0) is 15.7. The average Bonchev–Trinajstić information content (AvgIpc) is 2.86. The molecule has 3 N–H and O–H groups in total. The second-order valence-corrected chi connectivity index (χ2v) is 5.17. The quantitative estimate of drug-likeness (QED) is 0.632. The lowest BCUT2D eigenvalue weighted by Gasteiger charge is -2.22. The Morgan fingerprint density at radius 3 is 2.29 bits per heavy atom. The number of nitrogen functional groups attached to an aromatic ring is 1. The maximum Gasteiger partial charge on any atom is 0.268 e. The molecule has 0 aliphatic rings. The van der Waals surface area contributed by atoms with E-state index < -0.39 is 0 Å². The van der Waals surface area contributed by atoms with Crippen molar-refractivity contribution in [1.29, 1.82) is 0 Å². The van der Waals surface area contributed by atoms with Crippen molar-refractivity contribution in [1.82, 2.24) is 9.88 Å². The van der Waals surface area contributed by atoms with Gasteiger partial charge in [0.1, 0.15) is 10.7 Å². The van der Waals surface area contributed by atoms with Crippen molar-refractivity contribution in [3.8, 4) is 0 Å². The number of hydrogen-bond donors (Lipinski definition) is 2. The van der Waals surface area contributed by atoms with Crippen molar-refractivity contribution in [3.63, 3.8) is 0 Å². The molecule has 0 spiro atoms. The van der Waals surface area contributed by atoms with Gasteiger partial charge < -0.3 is 25.4 Å². The van der Waals surface area contributed by atoms with Crippen LogP contribution in [0.1, 0.15) is 23.5 Å². The zero-order valence-electron chi connectivity index (χ0n) is 12.8. The smallest absolute Gasteiger partial charge is 0.268 e. The number of nitrogens with two attached hydrogens (primary N) is 1. The molecule has 1 heterocycles. The van der Waals surface area contributed by atoms with Crippen molar-refractivity contribution < 1.29 is 14.3 Å². The van der Waals surface area contributed by atoms with Crippen LogP contribution in [-0.2, 0) is 9.47 Å². The van der Waals surface area contributed by atoms with Crippen LogP contribution in [0.3, 0.4) is 0 Å². The summed E-state index contributed by atoms with van der Waals surface area (Å²) in [6, 6.07) is 0. The van der Waals surface area contributed by atoms with Gasteiger partial charge in [0.15, 0.2) is 5.13 Å². The molecule has 0 bridgehead atoms. The maximum absolute atomic E-state index is 12.6. The monoisotopic (exact) mass is 316 g/mol. The van der Waals surface area contributed by atoms with Crippen molar-refractivity contribution in [3.05, 3.63) is 4.88 Å². The van der Waals surface area contributed by atoms with Crippen LogP contribution in [0.2, 0.25) is 0 Å². The molecule has 1 aromatic heterocycles. The van der Waals surface area contributed by atoms with E-state index in [0.717, 1.165) is 0 Å². The summed E-state index contributed by atoms with van der Waals surface area (Å²) in [5.74, 6) is 0.123. The first kappa shape index (κ1) is 17.7. The summed E-state index contributed by atoms with van der Waals surface area (Å²) in [5.41, 5.74) is 5.81. The van der Waals surface area contributed by atoms with Gasteiger partial charge in [0.2, 0.25) is 0 Å². The lowest BCUT2D eigenvalue weighted by Crippen LogP contribution is -2.36. The minimum absolute atomic E-state index is 0.133. The minimum atomic E-state index is -0.133. The van der Waals surface area contributed by atoms with Gasteiger partial charge in [0, 0.05) is 33.4 Å². The van der Waals surface area contributed by atoms with Gasteiger partial charge in [-0.05, 0) is 13.8 Å². The summed E-state index contributed by atoms with van der Waals surface area (Å²) >= 11 is 1.25. The van der Waals surface area contributed by atoms with Crippen molar-refractivity contribution >= 4 is 28.2 Å². The number of carbonyl (C=O) groups excluding carboxylic acids is 1. The first-order valence-corrected chi connectivity index (χ1v) is 7.84. The Balaban J connectivity index is 2.73. The molecule has 7 nitrogen and oxygen atoms in total. The fourth-order valence-electron chi connectivity index (χ4n) is 1.69. The highest BCUT2D eigenvalue weighted by molar-refractivity contribution is 7.18. The van der Waals surface area contributed by atoms with Crippen LogP contribution in [0.15, 0.2) is 0 Å². The Bertz CT molecular complexity index is 429. The molecular formula is C13H24N4O3S. The van der Waals surface area contributed by atoms with Gasteiger partial charge in [0.05, 0.1) is 13.2 Å². The summed E-state index contributed by atoms with van der Waals surface area (Å²) in [4.78, 5) is 18.8. The van der Waals surface area contributed by atoms with E-state index >= 15 is 0 Å². The Labute approximate surface area is 129 Å². The summed E-state index contributed by atoms with van der Waals surface area (Å²) in [6.07, 6.45) is 0. The number of amides is 1. The molecule has 0 radical (unpaired) electrons. The molecule has 0 aliphatic heterocycles. The molecule has 8 heteroatoms. The number of nitrogens with one attached hydrogen (secondary N) is 1. The first-order chi connectivity index (χ1) is 10.1. The molecule has 0 unspecified atom stereocenters. The second-order valence-electron chi connectivity index (χ2n) is 4.17. The SMILES string of the molecule is CCOCCN(CCOCC)C(=O)c1sc(NC)nc1N. The number of aromatic nitrogens is 1. The fourth-order valence-corrected chi connectivity index (χ4v) is 2.49. The third-order valence-electron chi connectivity index (χ3n) is 2.77. The van der Waals surface area contributed by atoms with Gasteiger partial charge >= 0.3 is 0 Å². The molecule has 1 rings (SSSR count). The molecule has 21 heavy (non-hydrogen) atoms. The maximum atomic E-state index is 12.6. The summed E-state index contributed by atoms with van der Waals surface area (Å²) < 4.78 is 10.6. The standard InChI is InChI=1S/C13H24N4O3S/c1-4-19-8-6-17(7-9-20-5-2)12(18)10-11(14)16-13(15-3)21-10/h4-9,14H2,1-3H3,(H,15,16). The number of ether oxygens (including phenoxy) is 2. The van der Waals surface area contributed by atoms with Crippen molar-refractivity contribution in [2.45, 2.75) is 13.8 Å². The lowest BCUT2D eigenvalue weighted by atomic mass is 10.4. The van der Waals surface area contributed by atoms with Gasteiger partial charge in [-0.3, -0.25) is 4.79 Å². The average molecular weight is 316 g/mol. The summed E-state index contributed by atoms with van der Waals surface area (Å²) in [6.45, 7) is 7.09. The van der Waals surface area contributed by atoms with E-state index in [4.69, 9.17) is 15.2 Å². The highest BCUT2D eigenvalue weighted by Crippen LogP contribution is 2.25. The number of thiazole rings is 1. The van der Waals surface area contributed by atoms with Crippen molar-refractivity contribution in [2.24, 2.45) is 0 Å².